The first-order chi connectivity index (χ1) is 25.0. The molecule has 284 valence electrons. The largest absolute Gasteiger partial charge is 0.507 e. The second-order valence-electron chi connectivity index (χ2n) is 16.5. The van der Waals surface area contributed by atoms with Gasteiger partial charge in [0.25, 0.3) is 11.7 Å². The maximum Gasteiger partial charge on any atom is 0.312 e. The van der Waals surface area contributed by atoms with Crippen molar-refractivity contribution in [1.82, 2.24) is 15.5 Å². The number of fused-ring (bicyclic) bond motifs is 5. The summed E-state index contributed by atoms with van der Waals surface area (Å²) < 4.78 is 17.7. The smallest absolute Gasteiger partial charge is 0.312 e. The van der Waals surface area contributed by atoms with E-state index in [2.05, 4.69) is 15.5 Å². The number of piperidine rings is 1. The second-order valence-corrected chi connectivity index (χ2v) is 16.5. The predicted molar refractivity (Wildman–Crippen MR) is 198 cm³/mol. The molecule has 4 unspecified atom stereocenters. The molecule has 12 heteroatoms. The molecule has 1 aromatic rings. The second kappa shape index (κ2) is 13.2. The topological polar surface area (TPSA) is 159 Å². The first-order valence-electron chi connectivity index (χ1n) is 18.8. The number of allylic oxidation sites excluding steroid dienone is 4. The molecule has 3 saturated heterocycles. The van der Waals surface area contributed by atoms with Gasteiger partial charge >= 0.3 is 5.79 Å². The first kappa shape index (κ1) is 37.1. The molecule has 7 aliphatic rings. The lowest BCUT2D eigenvalue weighted by molar-refractivity contribution is -0.116. The van der Waals surface area contributed by atoms with Crippen molar-refractivity contribution >= 4 is 23.2 Å². The number of aliphatic hydroxyl groups excluding tert-OH is 1. The Kier molecular flexibility index (Phi) is 9.26. The summed E-state index contributed by atoms with van der Waals surface area (Å²) in [5, 5.41) is 28.6. The zero-order valence-corrected chi connectivity index (χ0v) is 32.1. The number of carbonyl (C=O) groups is 3. The maximum absolute atomic E-state index is 14.7. The van der Waals surface area contributed by atoms with E-state index >= 15 is 0 Å². The Hall–Kier alpha value is -4.26. The Morgan fingerprint density at radius 1 is 1.09 bits per heavy atom. The Morgan fingerprint density at radius 3 is 2.49 bits per heavy atom. The van der Waals surface area contributed by atoms with E-state index < -0.39 is 35.0 Å². The number of nitrogens with zero attached hydrogens (tertiary/aromatic N) is 2. The maximum atomic E-state index is 14.7. The molecule has 0 radical (unpaired) electrons. The molecule has 4 fully saturated rings. The number of amides is 1. The molecular weight excluding hydrogens is 676 g/mol. The molecule has 1 aromatic carbocycles. The fourth-order valence-electron chi connectivity index (χ4n) is 9.17. The highest BCUT2D eigenvalue weighted by Gasteiger charge is 2.65. The van der Waals surface area contributed by atoms with Crippen molar-refractivity contribution in [3.05, 3.63) is 69.8 Å². The molecule has 5 heterocycles. The van der Waals surface area contributed by atoms with Gasteiger partial charge in [0.15, 0.2) is 0 Å². The van der Waals surface area contributed by atoms with Crippen LogP contribution in [0.4, 0.5) is 0 Å². The van der Waals surface area contributed by atoms with Crippen LogP contribution in [-0.4, -0.2) is 88.2 Å². The lowest BCUT2D eigenvalue weighted by Crippen LogP contribution is -2.54. The van der Waals surface area contributed by atoms with Gasteiger partial charge in [-0.3, -0.25) is 24.3 Å². The number of Topliss-reactive ketones (excluding diaryl/α,β-unsaturated/α-hetero) is 2. The fraction of sp³-hybridized carbons (Fsp3) is 0.561. The molecule has 1 spiro atoms. The van der Waals surface area contributed by atoms with Crippen LogP contribution < -0.4 is 15.4 Å². The summed E-state index contributed by atoms with van der Waals surface area (Å²) in [6.45, 7) is 16.4. The van der Waals surface area contributed by atoms with E-state index in [0.29, 0.717) is 22.9 Å². The summed E-state index contributed by atoms with van der Waals surface area (Å²) in [6.07, 6.45) is 9.46. The number of aliphatic imine (C=N–C) groups is 1. The molecule has 4 N–H and O–H groups in total. The number of phenols is 1. The van der Waals surface area contributed by atoms with Gasteiger partial charge < -0.3 is 35.1 Å². The van der Waals surface area contributed by atoms with Gasteiger partial charge in [-0.25, -0.2) is 0 Å². The number of aromatic hydroxyl groups is 1. The van der Waals surface area contributed by atoms with Gasteiger partial charge in [0, 0.05) is 55.7 Å². The van der Waals surface area contributed by atoms with E-state index in [1.54, 1.807) is 39.2 Å². The van der Waals surface area contributed by atoms with Crippen LogP contribution in [0.2, 0.25) is 0 Å². The molecule has 53 heavy (non-hydrogen) atoms. The molecular formula is C41H52N4O8. The number of benzene rings is 1. The van der Waals surface area contributed by atoms with E-state index in [1.807, 2.05) is 40.7 Å². The van der Waals surface area contributed by atoms with Crippen LogP contribution in [0, 0.1) is 36.5 Å². The molecule has 8 rings (SSSR count). The van der Waals surface area contributed by atoms with Gasteiger partial charge in [-0.1, -0.05) is 52.8 Å². The lowest BCUT2D eigenvalue weighted by atomic mass is 9.75. The number of rotatable bonds is 11. The number of carbonyl (C=O) groups excluding carboxylic acids is 3. The van der Waals surface area contributed by atoms with E-state index in [4.69, 9.17) is 19.2 Å². The van der Waals surface area contributed by atoms with E-state index in [1.165, 1.54) is 13.2 Å². The standard InChI is InChI=1S/C41H52N4O8/c1-19(2)26(51-9)13-14-52-40(8)38(49)30-28-29(35(47)23(7)37(30)53-40)36(48)33(42-39(50)22(6)12-10-11-21(5)34(46)20(3)4)32-31(28)43-41(44-32)25-15-24-16-27(41)45(17-24)18-25/h10-14,19-21,24-27,34,44,46-47H,15-18H2,1-9H3,(H,42,50)/b11-10+,14-13+,22-12-/t21-,24?,25?,26-,27?,34+,40-,41+/m0/s1. The van der Waals surface area contributed by atoms with Crippen LogP contribution in [0.3, 0.4) is 0 Å². The van der Waals surface area contributed by atoms with Crippen LogP contribution in [-0.2, 0) is 14.3 Å². The average molecular weight is 729 g/mol. The van der Waals surface area contributed by atoms with Crippen molar-refractivity contribution in [1.29, 1.82) is 0 Å². The fourth-order valence-corrected chi connectivity index (χ4v) is 9.17. The number of aliphatic hydroxyl groups is 1. The Morgan fingerprint density at radius 2 is 1.83 bits per heavy atom. The summed E-state index contributed by atoms with van der Waals surface area (Å²) in [6, 6.07) is 0.0785. The normalized spacial score (nSPS) is 31.4. The van der Waals surface area contributed by atoms with Crippen molar-refractivity contribution in [2.75, 3.05) is 20.2 Å². The quantitative estimate of drug-likeness (QED) is 0.143. The van der Waals surface area contributed by atoms with Crippen molar-refractivity contribution < 1.29 is 38.8 Å². The summed E-state index contributed by atoms with van der Waals surface area (Å²) in [4.78, 5) is 50.7. The van der Waals surface area contributed by atoms with Crippen LogP contribution in [0.25, 0.3) is 0 Å². The predicted octanol–water partition coefficient (Wildman–Crippen LogP) is 4.69. The molecule has 9 atom stereocenters. The molecule has 1 saturated carbocycles. The minimum absolute atomic E-state index is 0.0342. The van der Waals surface area contributed by atoms with Gasteiger partial charge in [-0.05, 0) is 50.5 Å². The van der Waals surface area contributed by atoms with E-state index in [0.717, 1.165) is 25.9 Å². The number of methoxy groups -OCH3 is 1. The molecule has 12 nitrogen and oxygen atoms in total. The summed E-state index contributed by atoms with van der Waals surface area (Å²) in [7, 11) is 1.60. The third-order valence-corrected chi connectivity index (χ3v) is 12.2. The van der Waals surface area contributed by atoms with Crippen molar-refractivity contribution in [2.45, 2.75) is 97.9 Å². The summed E-state index contributed by atoms with van der Waals surface area (Å²) in [5.74, 6) is -2.84. The molecule has 1 amide bonds. The lowest BCUT2D eigenvalue weighted by Gasteiger charge is -2.38. The van der Waals surface area contributed by atoms with Crippen molar-refractivity contribution in [2.24, 2.45) is 34.6 Å². The summed E-state index contributed by atoms with van der Waals surface area (Å²) >= 11 is 0. The highest BCUT2D eigenvalue weighted by molar-refractivity contribution is 6.34. The highest BCUT2D eigenvalue weighted by atomic mass is 16.7. The number of hydrogen-bond donors (Lipinski definition) is 4. The Bertz CT molecular complexity index is 1920. The third kappa shape index (κ3) is 5.75. The van der Waals surface area contributed by atoms with Crippen LogP contribution in [0.5, 0.6) is 11.5 Å². The Labute approximate surface area is 311 Å². The van der Waals surface area contributed by atoms with Crippen LogP contribution in [0.1, 0.15) is 93.2 Å². The number of phenolic OH excluding ortho intramolecular Hbond substituents is 1. The van der Waals surface area contributed by atoms with Crippen molar-refractivity contribution in [3.63, 3.8) is 0 Å². The van der Waals surface area contributed by atoms with Crippen LogP contribution >= 0.6 is 0 Å². The minimum Gasteiger partial charge on any atom is -0.507 e. The zero-order chi connectivity index (χ0) is 38.3. The summed E-state index contributed by atoms with van der Waals surface area (Å²) in [5.41, 5.74) is 0.594. The van der Waals surface area contributed by atoms with Crippen LogP contribution in [0.15, 0.2) is 52.5 Å². The van der Waals surface area contributed by atoms with Gasteiger partial charge in [0.2, 0.25) is 5.78 Å². The van der Waals surface area contributed by atoms with E-state index in [-0.39, 0.29) is 75.3 Å². The zero-order valence-electron chi connectivity index (χ0n) is 32.1. The minimum atomic E-state index is -1.79. The molecule has 2 aliphatic carbocycles. The number of ether oxygens (including phenoxy) is 3. The molecule has 0 aromatic heterocycles. The number of hydrogen-bond acceptors (Lipinski definition) is 11. The van der Waals surface area contributed by atoms with Crippen molar-refractivity contribution in [3.8, 4) is 11.5 Å². The Balaban J connectivity index is 1.30. The average Bonchev–Trinajstić information content (AvgIpc) is 3.79. The van der Waals surface area contributed by atoms with E-state index in [9.17, 15) is 24.6 Å². The van der Waals surface area contributed by atoms with Gasteiger partial charge in [0.1, 0.15) is 22.9 Å². The SMILES string of the molecule is CO[C@@H](/C=C/O[C@@]1(C)Oc2c(C)c(O)c3c(c2C1=O)C1=N[C@@]2(NC1=C(NC(=O)/C(C)=C\C=C\[C@H](C)[C@H](O)C(C)C)C3=O)C1CC3CC2N(C3)C1)C(C)C. The molecule has 5 aliphatic heterocycles. The van der Waals surface area contributed by atoms with Gasteiger partial charge in [-0.2, -0.15) is 0 Å². The molecule has 4 bridgehead atoms. The van der Waals surface area contributed by atoms with Gasteiger partial charge in [-0.15, -0.1) is 0 Å². The number of ketones is 2. The first-order valence-corrected chi connectivity index (χ1v) is 18.8. The van der Waals surface area contributed by atoms with Gasteiger partial charge in [0.05, 0.1) is 47.0 Å². The third-order valence-electron chi connectivity index (χ3n) is 12.2. The number of nitrogens with one attached hydrogen (secondary N) is 2. The highest BCUT2D eigenvalue weighted by Crippen LogP contribution is 2.56. The monoisotopic (exact) mass is 728 g/mol.